The summed E-state index contributed by atoms with van der Waals surface area (Å²) in [4.78, 5) is 0. The Hall–Kier alpha value is -2.16. The zero-order valence-electron chi connectivity index (χ0n) is 9.83. The molecule has 2 nitrogen and oxygen atoms in total. The summed E-state index contributed by atoms with van der Waals surface area (Å²) in [7, 11) is 0. The van der Waals surface area contributed by atoms with Gasteiger partial charge in [0.15, 0.2) is 0 Å². The molecule has 3 heteroatoms. The lowest BCUT2D eigenvalue weighted by Crippen LogP contribution is -2.18. The largest absolute Gasteiger partial charge is 0.258 e. The molecular weight excluding hydrogens is 227 g/mol. The first-order chi connectivity index (χ1) is 8.84. The second-order valence-electron chi connectivity index (χ2n) is 4.28. The third-order valence-electron chi connectivity index (χ3n) is 3.11. The van der Waals surface area contributed by atoms with Crippen LogP contribution in [0.3, 0.4) is 0 Å². The highest BCUT2D eigenvalue weighted by Gasteiger charge is 2.23. The number of anilines is 1. The predicted molar refractivity (Wildman–Crippen MR) is 71.2 cm³/mol. The fourth-order valence-electron chi connectivity index (χ4n) is 2.20. The summed E-state index contributed by atoms with van der Waals surface area (Å²) in [5.74, 6) is -0.205. The third-order valence-corrected chi connectivity index (χ3v) is 3.11. The van der Waals surface area contributed by atoms with Gasteiger partial charge in [-0.1, -0.05) is 30.3 Å². The van der Waals surface area contributed by atoms with Crippen LogP contribution in [0.4, 0.5) is 10.1 Å². The Bertz CT molecular complexity index is 548. The van der Waals surface area contributed by atoms with Crippen LogP contribution in [0.1, 0.15) is 18.0 Å². The molecule has 1 heterocycles. The fourth-order valence-corrected chi connectivity index (χ4v) is 2.20. The average Bonchev–Trinajstić information content (AvgIpc) is 2.90. The van der Waals surface area contributed by atoms with Crippen molar-refractivity contribution in [3.63, 3.8) is 0 Å². The van der Waals surface area contributed by atoms with E-state index in [4.69, 9.17) is 0 Å². The first kappa shape index (κ1) is 11.0. The maximum atomic E-state index is 12.9. The van der Waals surface area contributed by atoms with Gasteiger partial charge in [0.1, 0.15) is 5.82 Å². The van der Waals surface area contributed by atoms with Crippen molar-refractivity contribution in [1.82, 2.24) is 0 Å². The van der Waals surface area contributed by atoms with Gasteiger partial charge in [-0.2, -0.15) is 5.10 Å². The minimum Gasteiger partial charge on any atom is -0.258 e. The van der Waals surface area contributed by atoms with Crippen LogP contribution >= 0.6 is 0 Å². The molecule has 18 heavy (non-hydrogen) atoms. The molecule has 90 valence electrons. The van der Waals surface area contributed by atoms with Crippen molar-refractivity contribution in [2.75, 3.05) is 5.01 Å². The molecule has 2 aromatic carbocycles. The summed E-state index contributed by atoms with van der Waals surface area (Å²) >= 11 is 0. The molecule has 1 aliphatic rings. The van der Waals surface area contributed by atoms with Crippen LogP contribution in [0.2, 0.25) is 0 Å². The molecule has 0 spiro atoms. The number of halogens is 1. The smallest absolute Gasteiger partial charge is 0.123 e. The number of hydrogen-bond acceptors (Lipinski definition) is 2. The summed E-state index contributed by atoms with van der Waals surface area (Å²) < 4.78 is 12.9. The van der Waals surface area contributed by atoms with Crippen molar-refractivity contribution in [3.8, 4) is 0 Å². The van der Waals surface area contributed by atoms with Gasteiger partial charge in [0, 0.05) is 12.6 Å². The lowest BCUT2D eigenvalue weighted by molar-refractivity contribution is 0.624. The molecule has 0 saturated carbocycles. The number of hydrazone groups is 1. The lowest BCUT2D eigenvalue weighted by Gasteiger charge is -2.24. The van der Waals surface area contributed by atoms with Crippen molar-refractivity contribution in [1.29, 1.82) is 0 Å². The fraction of sp³-hybridized carbons (Fsp3) is 0.133. The van der Waals surface area contributed by atoms with Gasteiger partial charge in [-0.05, 0) is 29.8 Å². The van der Waals surface area contributed by atoms with E-state index in [-0.39, 0.29) is 11.9 Å². The Labute approximate surface area is 105 Å². The SMILES string of the molecule is Fc1ccc([C@H]2CC=NN2c2ccccc2)cc1. The Kier molecular flexibility index (Phi) is 2.81. The predicted octanol–water partition coefficient (Wildman–Crippen LogP) is 3.76. The Morgan fingerprint density at radius 1 is 1.00 bits per heavy atom. The van der Waals surface area contributed by atoms with E-state index in [9.17, 15) is 4.39 Å². The normalized spacial score (nSPS) is 18.3. The van der Waals surface area contributed by atoms with Gasteiger partial charge in [0.05, 0.1) is 11.7 Å². The number of hydrogen-bond donors (Lipinski definition) is 0. The monoisotopic (exact) mass is 240 g/mol. The van der Waals surface area contributed by atoms with Crippen LogP contribution in [0.25, 0.3) is 0 Å². The molecule has 1 aliphatic heterocycles. The van der Waals surface area contributed by atoms with Gasteiger partial charge in [-0.15, -0.1) is 0 Å². The minimum absolute atomic E-state index is 0.160. The number of benzene rings is 2. The molecule has 0 aromatic heterocycles. The second-order valence-corrected chi connectivity index (χ2v) is 4.28. The molecule has 0 amide bonds. The summed E-state index contributed by atoms with van der Waals surface area (Å²) in [5.41, 5.74) is 2.14. The molecule has 0 N–H and O–H groups in total. The highest BCUT2D eigenvalue weighted by Crippen LogP contribution is 2.32. The van der Waals surface area contributed by atoms with Crippen LogP contribution in [-0.2, 0) is 0 Å². The van der Waals surface area contributed by atoms with E-state index in [1.54, 1.807) is 0 Å². The van der Waals surface area contributed by atoms with E-state index in [0.29, 0.717) is 0 Å². The van der Waals surface area contributed by atoms with Gasteiger partial charge in [0.2, 0.25) is 0 Å². The van der Waals surface area contributed by atoms with E-state index in [1.165, 1.54) is 12.1 Å². The summed E-state index contributed by atoms with van der Waals surface area (Å²) in [6, 6.07) is 16.8. The Morgan fingerprint density at radius 2 is 1.72 bits per heavy atom. The van der Waals surface area contributed by atoms with E-state index < -0.39 is 0 Å². The highest BCUT2D eigenvalue weighted by atomic mass is 19.1. The van der Waals surface area contributed by atoms with E-state index >= 15 is 0 Å². The van der Waals surface area contributed by atoms with Gasteiger partial charge in [0.25, 0.3) is 0 Å². The highest BCUT2D eigenvalue weighted by molar-refractivity contribution is 5.67. The maximum Gasteiger partial charge on any atom is 0.123 e. The maximum absolute atomic E-state index is 12.9. The summed E-state index contributed by atoms with van der Waals surface area (Å²) in [6.07, 6.45) is 2.75. The first-order valence-electron chi connectivity index (χ1n) is 5.97. The molecular formula is C15H13FN2. The molecule has 0 saturated heterocycles. The van der Waals surface area contributed by atoms with E-state index in [1.807, 2.05) is 53.7 Å². The number of para-hydroxylation sites is 1. The average molecular weight is 240 g/mol. The zero-order valence-corrected chi connectivity index (χ0v) is 9.83. The standard InChI is InChI=1S/C15H13FN2/c16-13-8-6-12(7-9-13)15-10-11-17-18(15)14-4-2-1-3-5-14/h1-9,11,15H,10H2/t15-/m1/s1. The van der Waals surface area contributed by atoms with Gasteiger partial charge < -0.3 is 0 Å². The van der Waals surface area contributed by atoms with Crippen molar-refractivity contribution >= 4 is 11.9 Å². The Balaban J connectivity index is 1.91. The molecule has 3 rings (SSSR count). The molecule has 0 fully saturated rings. The van der Waals surface area contributed by atoms with Crippen molar-refractivity contribution in [2.45, 2.75) is 12.5 Å². The van der Waals surface area contributed by atoms with E-state index in [2.05, 4.69) is 5.10 Å². The van der Waals surface area contributed by atoms with E-state index in [0.717, 1.165) is 17.7 Å². The van der Waals surface area contributed by atoms with Gasteiger partial charge >= 0.3 is 0 Å². The first-order valence-corrected chi connectivity index (χ1v) is 5.97. The van der Waals surface area contributed by atoms with Crippen LogP contribution < -0.4 is 5.01 Å². The molecule has 2 aromatic rings. The van der Waals surface area contributed by atoms with Crippen molar-refractivity contribution in [3.05, 3.63) is 66.0 Å². The zero-order chi connectivity index (χ0) is 12.4. The van der Waals surface area contributed by atoms with Crippen LogP contribution in [0.5, 0.6) is 0 Å². The van der Waals surface area contributed by atoms with Gasteiger partial charge in [-0.25, -0.2) is 4.39 Å². The molecule has 0 unspecified atom stereocenters. The molecule has 0 radical (unpaired) electrons. The number of rotatable bonds is 2. The molecule has 1 atom stereocenters. The van der Waals surface area contributed by atoms with Crippen LogP contribution in [-0.4, -0.2) is 6.21 Å². The summed E-state index contributed by atoms with van der Waals surface area (Å²) in [5, 5.41) is 6.38. The van der Waals surface area contributed by atoms with Crippen molar-refractivity contribution < 1.29 is 4.39 Å². The quantitative estimate of drug-likeness (QED) is 0.780. The van der Waals surface area contributed by atoms with Crippen molar-refractivity contribution in [2.24, 2.45) is 5.10 Å². The second kappa shape index (κ2) is 4.61. The molecule has 0 aliphatic carbocycles. The Morgan fingerprint density at radius 3 is 2.44 bits per heavy atom. The lowest BCUT2D eigenvalue weighted by atomic mass is 10.0. The van der Waals surface area contributed by atoms with Crippen LogP contribution in [0, 0.1) is 5.82 Å². The minimum atomic E-state index is -0.205. The summed E-state index contributed by atoms with van der Waals surface area (Å²) in [6.45, 7) is 0. The van der Waals surface area contributed by atoms with Gasteiger partial charge in [-0.3, -0.25) is 5.01 Å². The molecule has 0 bridgehead atoms. The topological polar surface area (TPSA) is 15.6 Å². The number of nitrogens with zero attached hydrogens (tertiary/aromatic N) is 2. The third kappa shape index (κ3) is 1.99. The van der Waals surface area contributed by atoms with Crippen LogP contribution in [0.15, 0.2) is 59.7 Å².